The molecule has 112 valence electrons. The van der Waals surface area contributed by atoms with E-state index in [0.29, 0.717) is 13.1 Å². The molecule has 0 aliphatic carbocycles. The molecule has 0 radical (unpaired) electrons. The van der Waals surface area contributed by atoms with E-state index in [-0.39, 0.29) is 11.9 Å². The van der Waals surface area contributed by atoms with Crippen LogP contribution in [0, 0.1) is 0 Å². The summed E-state index contributed by atoms with van der Waals surface area (Å²) in [5.74, 6) is 0.741. The first-order valence-electron chi connectivity index (χ1n) is 6.81. The maximum absolute atomic E-state index is 12.0. The number of furan rings is 1. The van der Waals surface area contributed by atoms with Gasteiger partial charge in [-0.2, -0.15) is 0 Å². The highest BCUT2D eigenvalue weighted by Gasteiger charge is 2.13. The topological polar surface area (TPSA) is 45.5 Å². The highest BCUT2D eigenvalue weighted by atomic mass is 79.9. The van der Waals surface area contributed by atoms with Gasteiger partial charge in [0, 0.05) is 11.0 Å². The van der Waals surface area contributed by atoms with Crippen molar-refractivity contribution < 1.29 is 9.21 Å². The summed E-state index contributed by atoms with van der Waals surface area (Å²) >= 11 is 3.52. The van der Waals surface area contributed by atoms with Gasteiger partial charge in [-0.3, -0.25) is 9.69 Å². The lowest BCUT2D eigenvalue weighted by Gasteiger charge is -2.18. The first kappa shape index (κ1) is 15.8. The molecule has 1 atom stereocenters. The molecule has 1 amide bonds. The highest BCUT2D eigenvalue weighted by molar-refractivity contribution is 9.10. The molecule has 1 heterocycles. The Morgan fingerprint density at radius 2 is 2.10 bits per heavy atom. The molecule has 2 rings (SSSR count). The van der Waals surface area contributed by atoms with Gasteiger partial charge in [-0.25, -0.2) is 0 Å². The summed E-state index contributed by atoms with van der Waals surface area (Å²) in [7, 11) is 1.93. The van der Waals surface area contributed by atoms with E-state index in [1.807, 2.05) is 55.3 Å². The Bertz CT molecular complexity index is 584. The predicted molar refractivity (Wildman–Crippen MR) is 85.7 cm³/mol. The molecule has 0 saturated carbocycles. The summed E-state index contributed by atoms with van der Waals surface area (Å²) in [5, 5.41) is 2.93. The van der Waals surface area contributed by atoms with Crippen LogP contribution in [0.15, 0.2) is 51.6 Å². The van der Waals surface area contributed by atoms with E-state index < -0.39 is 0 Å². The van der Waals surface area contributed by atoms with Crippen molar-refractivity contribution in [1.82, 2.24) is 10.2 Å². The van der Waals surface area contributed by atoms with Gasteiger partial charge in [-0.15, -0.1) is 0 Å². The lowest BCUT2D eigenvalue weighted by molar-refractivity contribution is -0.122. The summed E-state index contributed by atoms with van der Waals surface area (Å²) in [6.45, 7) is 2.96. The molecule has 0 aliphatic heterocycles. The number of rotatable bonds is 6. The van der Waals surface area contributed by atoms with E-state index in [9.17, 15) is 4.79 Å². The molecule has 4 nitrogen and oxygen atoms in total. The smallest absolute Gasteiger partial charge is 0.234 e. The van der Waals surface area contributed by atoms with E-state index in [2.05, 4.69) is 21.2 Å². The zero-order chi connectivity index (χ0) is 15.2. The molecular weight excluding hydrogens is 332 g/mol. The van der Waals surface area contributed by atoms with Crippen LogP contribution in [0.25, 0.3) is 0 Å². The van der Waals surface area contributed by atoms with Gasteiger partial charge in [0.2, 0.25) is 5.91 Å². The van der Waals surface area contributed by atoms with Crippen LogP contribution in [0.2, 0.25) is 0 Å². The van der Waals surface area contributed by atoms with Crippen LogP contribution in [0.5, 0.6) is 0 Å². The Morgan fingerprint density at radius 3 is 2.76 bits per heavy atom. The van der Waals surface area contributed by atoms with Crippen LogP contribution < -0.4 is 5.32 Å². The van der Waals surface area contributed by atoms with Gasteiger partial charge in [-0.1, -0.05) is 34.1 Å². The van der Waals surface area contributed by atoms with E-state index in [1.165, 1.54) is 0 Å². The van der Waals surface area contributed by atoms with Crippen LogP contribution in [0.1, 0.15) is 24.3 Å². The Labute approximate surface area is 133 Å². The molecule has 1 N–H and O–H groups in total. The van der Waals surface area contributed by atoms with E-state index in [0.717, 1.165) is 15.8 Å². The summed E-state index contributed by atoms with van der Waals surface area (Å²) < 4.78 is 6.33. The Balaban J connectivity index is 1.83. The Hall–Kier alpha value is -1.59. The lowest BCUT2D eigenvalue weighted by Crippen LogP contribution is -2.36. The van der Waals surface area contributed by atoms with Crippen molar-refractivity contribution in [2.24, 2.45) is 0 Å². The maximum atomic E-state index is 12.0. The van der Waals surface area contributed by atoms with E-state index in [4.69, 9.17) is 4.42 Å². The van der Waals surface area contributed by atoms with Gasteiger partial charge in [0.05, 0.1) is 18.8 Å². The average molecular weight is 351 g/mol. The third kappa shape index (κ3) is 4.72. The van der Waals surface area contributed by atoms with Crippen molar-refractivity contribution in [3.05, 3.63) is 58.5 Å². The minimum Gasteiger partial charge on any atom is -0.467 e. The maximum Gasteiger partial charge on any atom is 0.234 e. The number of carbonyl (C=O) groups excluding carboxylic acids is 1. The van der Waals surface area contributed by atoms with Crippen molar-refractivity contribution >= 4 is 21.8 Å². The van der Waals surface area contributed by atoms with Crippen molar-refractivity contribution in [2.75, 3.05) is 13.6 Å². The first-order chi connectivity index (χ1) is 10.1. The average Bonchev–Trinajstić information content (AvgIpc) is 2.95. The fraction of sp³-hybridized carbons (Fsp3) is 0.312. The van der Waals surface area contributed by atoms with Crippen LogP contribution in [-0.2, 0) is 11.3 Å². The Morgan fingerprint density at radius 1 is 1.33 bits per heavy atom. The molecule has 0 fully saturated rings. The molecule has 1 aromatic carbocycles. The minimum atomic E-state index is -0.121. The van der Waals surface area contributed by atoms with Crippen LogP contribution >= 0.6 is 15.9 Å². The molecular formula is C16H19BrN2O2. The summed E-state index contributed by atoms with van der Waals surface area (Å²) in [6.07, 6.45) is 1.61. The predicted octanol–water partition coefficient (Wildman–Crippen LogP) is 3.35. The fourth-order valence-corrected chi connectivity index (χ4v) is 2.52. The molecule has 1 aromatic heterocycles. The number of carbonyl (C=O) groups is 1. The molecule has 21 heavy (non-hydrogen) atoms. The number of likely N-dealkylation sites (N-methyl/N-ethyl adjacent to an activating group) is 1. The van der Waals surface area contributed by atoms with Crippen LogP contribution in [0.3, 0.4) is 0 Å². The molecule has 0 bridgehead atoms. The zero-order valence-electron chi connectivity index (χ0n) is 12.2. The van der Waals surface area contributed by atoms with Gasteiger partial charge in [0.25, 0.3) is 0 Å². The molecule has 0 spiro atoms. The fourth-order valence-electron chi connectivity index (χ4n) is 2.11. The minimum absolute atomic E-state index is 0.0200. The Kier molecular flexibility index (Phi) is 5.59. The molecule has 0 saturated heterocycles. The third-order valence-corrected chi connectivity index (χ3v) is 3.93. The van der Waals surface area contributed by atoms with Gasteiger partial charge < -0.3 is 9.73 Å². The number of hydrogen-bond acceptors (Lipinski definition) is 3. The number of benzene rings is 1. The van der Waals surface area contributed by atoms with Crippen molar-refractivity contribution in [2.45, 2.75) is 19.5 Å². The van der Waals surface area contributed by atoms with Crippen LogP contribution in [-0.4, -0.2) is 24.4 Å². The summed E-state index contributed by atoms with van der Waals surface area (Å²) in [4.78, 5) is 14.0. The number of halogens is 1. The van der Waals surface area contributed by atoms with Gasteiger partial charge in [-0.05, 0) is 37.7 Å². The lowest BCUT2D eigenvalue weighted by atomic mass is 10.2. The monoisotopic (exact) mass is 350 g/mol. The number of nitrogens with zero attached hydrogens (tertiary/aromatic N) is 1. The highest BCUT2D eigenvalue weighted by Crippen LogP contribution is 2.17. The largest absolute Gasteiger partial charge is 0.467 e. The van der Waals surface area contributed by atoms with E-state index >= 15 is 0 Å². The number of nitrogens with one attached hydrogen (secondary N) is 1. The molecule has 5 heteroatoms. The number of hydrogen-bond donors (Lipinski definition) is 1. The second kappa shape index (κ2) is 7.43. The quantitative estimate of drug-likeness (QED) is 0.868. The van der Waals surface area contributed by atoms with Crippen molar-refractivity contribution in [3.63, 3.8) is 0 Å². The second-order valence-corrected chi connectivity index (χ2v) is 5.92. The normalized spacial score (nSPS) is 12.4. The van der Waals surface area contributed by atoms with Gasteiger partial charge >= 0.3 is 0 Å². The molecule has 1 unspecified atom stereocenters. The number of amides is 1. The standard InChI is InChI=1S/C16H19BrN2O2/c1-12(15-8-5-9-21-15)18-16(20)11-19(2)10-13-6-3-4-7-14(13)17/h3-9,12H,10-11H2,1-2H3,(H,18,20). The van der Waals surface area contributed by atoms with Gasteiger partial charge in [0.15, 0.2) is 0 Å². The van der Waals surface area contributed by atoms with Gasteiger partial charge in [0.1, 0.15) is 5.76 Å². The van der Waals surface area contributed by atoms with Crippen molar-refractivity contribution in [1.29, 1.82) is 0 Å². The molecule has 0 aliphatic rings. The summed E-state index contributed by atoms with van der Waals surface area (Å²) in [5.41, 5.74) is 1.16. The second-order valence-electron chi connectivity index (χ2n) is 5.07. The van der Waals surface area contributed by atoms with Crippen LogP contribution in [0.4, 0.5) is 0 Å². The van der Waals surface area contributed by atoms with Crippen molar-refractivity contribution in [3.8, 4) is 0 Å². The molecule has 2 aromatic rings. The third-order valence-electron chi connectivity index (χ3n) is 3.16. The first-order valence-corrected chi connectivity index (χ1v) is 7.60. The SMILES string of the molecule is CC(NC(=O)CN(C)Cc1ccccc1Br)c1ccco1. The summed E-state index contributed by atoms with van der Waals surface area (Å²) in [6, 6.07) is 11.6. The van der Waals surface area contributed by atoms with E-state index in [1.54, 1.807) is 6.26 Å². The zero-order valence-corrected chi connectivity index (χ0v) is 13.8.